The molecule has 0 fully saturated rings. The summed E-state index contributed by atoms with van der Waals surface area (Å²) in [5.74, 6) is -1.49. The predicted octanol–water partition coefficient (Wildman–Crippen LogP) is 5.26. The lowest BCUT2D eigenvalue weighted by molar-refractivity contribution is -0.135. The fourth-order valence-electron chi connectivity index (χ4n) is 3.05. The highest BCUT2D eigenvalue weighted by Crippen LogP contribution is 2.32. The molecule has 0 heterocycles. The van der Waals surface area contributed by atoms with Gasteiger partial charge in [0.2, 0.25) is 11.6 Å². The Morgan fingerprint density at radius 3 is 2.28 bits per heavy atom. The summed E-state index contributed by atoms with van der Waals surface area (Å²) in [4.78, 5) is 24.4. The lowest BCUT2D eigenvalue weighted by atomic mass is 9.83. The number of aliphatic hydroxyl groups is 1. The molecule has 1 N–H and O–H groups in total. The number of alkyl halides is 3. The number of carbonyl (C=O) groups excluding carboxylic acids is 2. The van der Waals surface area contributed by atoms with Crippen LogP contribution in [0.25, 0.3) is 5.76 Å². The van der Waals surface area contributed by atoms with Gasteiger partial charge in [-0.15, -0.1) is 0 Å². The maximum Gasteiger partial charge on any atom is 0.389 e. The molecule has 1 atom stereocenters. The number of fused-ring (bicyclic) bond motifs is 1. The van der Waals surface area contributed by atoms with Crippen molar-refractivity contribution in [1.29, 1.82) is 0 Å². The van der Waals surface area contributed by atoms with Gasteiger partial charge in [-0.25, -0.2) is 0 Å². The topological polar surface area (TPSA) is 54.4 Å². The zero-order valence-electron chi connectivity index (χ0n) is 14.0. The zero-order valence-corrected chi connectivity index (χ0v) is 14.0. The van der Waals surface area contributed by atoms with E-state index in [0.29, 0.717) is 24.8 Å². The number of aliphatic hydroxyl groups excluding tert-OH is 1. The quantitative estimate of drug-likeness (QED) is 0.537. The minimum Gasteiger partial charge on any atom is -0.507 e. The number of Topliss-reactive ketones (excluding diaryl/α,β-unsaturated/α-hetero) is 2. The minimum atomic E-state index is -4.12. The summed E-state index contributed by atoms with van der Waals surface area (Å²) in [6.07, 6.45) is -2.85. The van der Waals surface area contributed by atoms with E-state index in [1.807, 2.05) is 6.92 Å². The van der Waals surface area contributed by atoms with Gasteiger partial charge in [-0.2, -0.15) is 13.2 Å². The van der Waals surface area contributed by atoms with Gasteiger partial charge >= 0.3 is 6.18 Å². The highest BCUT2D eigenvalue weighted by Gasteiger charge is 2.33. The number of ketones is 2. The van der Waals surface area contributed by atoms with Crippen LogP contribution in [0.4, 0.5) is 13.2 Å². The highest BCUT2D eigenvalue weighted by molar-refractivity contribution is 6.52. The Bertz CT molecular complexity index is 689. The van der Waals surface area contributed by atoms with E-state index in [0.717, 1.165) is 0 Å². The molecule has 3 nitrogen and oxygen atoms in total. The summed E-state index contributed by atoms with van der Waals surface area (Å²) in [7, 11) is 0. The Morgan fingerprint density at radius 2 is 1.64 bits per heavy atom. The van der Waals surface area contributed by atoms with Crippen LogP contribution in [0.2, 0.25) is 0 Å². The van der Waals surface area contributed by atoms with Gasteiger partial charge in [0.1, 0.15) is 5.76 Å². The SMILES string of the molecule is C[C@H](CCCCCC(F)(F)F)CC1=C(O)c2ccccc2C(=O)C1=O. The summed E-state index contributed by atoms with van der Waals surface area (Å²) in [6.45, 7) is 1.86. The van der Waals surface area contributed by atoms with Crippen molar-refractivity contribution < 1.29 is 27.9 Å². The third-order valence-electron chi connectivity index (χ3n) is 4.40. The second kappa shape index (κ2) is 7.85. The molecule has 1 aliphatic rings. The van der Waals surface area contributed by atoms with Crippen molar-refractivity contribution in [3.8, 4) is 0 Å². The number of allylic oxidation sites excluding steroid dienone is 1. The van der Waals surface area contributed by atoms with E-state index in [1.165, 1.54) is 6.07 Å². The molecule has 0 unspecified atom stereocenters. The molecule has 0 radical (unpaired) electrons. The molecule has 25 heavy (non-hydrogen) atoms. The third kappa shape index (κ3) is 4.94. The van der Waals surface area contributed by atoms with E-state index >= 15 is 0 Å². The van der Waals surface area contributed by atoms with E-state index in [1.54, 1.807) is 18.2 Å². The Kier molecular flexibility index (Phi) is 6.03. The molecular weight excluding hydrogens is 333 g/mol. The fourth-order valence-corrected chi connectivity index (χ4v) is 3.05. The smallest absolute Gasteiger partial charge is 0.389 e. The van der Waals surface area contributed by atoms with Gasteiger partial charge in [0, 0.05) is 23.1 Å². The zero-order chi connectivity index (χ0) is 18.6. The largest absolute Gasteiger partial charge is 0.507 e. The fraction of sp³-hybridized carbons (Fsp3) is 0.474. The number of benzene rings is 1. The first-order valence-corrected chi connectivity index (χ1v) is 8.38. The summed E-state index contributed by atoms with van der Waals surface area (Å²) >= 11 is 0. The molecule has 6 heteroatoms. The van der Waals surface area contributed by atoms with Gasteiger partial charge in [0.25, 0.3) is 0 Å². The first-order chi connectivity index (χ1) is 11.7. The maximum absolute atomic E-state index is 12.2. The molecule has 0 amide bonds. The second-order valence-electron chi connectivity index (χ2n) is 6.55. The molecule has 0 bridgehead atoms. The van der Waals surface area contributed by atoms with Gasteiger partial charge in [-0.1, -0.05) is 50.5 Å². The Labute approximate surface area is 144 Å². The van der Waals surface area contributed by atoms with Crippen LogP contribution >= 0.6 is 0 Å². The average molecular weight is 354 g/mol. The van der Waals surface area contributed by atoms with Crippen molar-refractivity contribution in [3.63, 3.8) is 0 Å². The van der Waals surface area contributed by atoms with Crippen molar-refractivity contribution in [3.05, 3.63) is 41.0 Å². The van der Waals surface area contributed by atoms with Crippen molar-refractivity contribution in [2.24, 2.45) is 5.92 Å². The van der Waals surface area contributed by atoms with Gasteiger partial charge in [0.15, 0.2) is 0 Å². The van der Waals surface area contributed by atoms with Crippen LogP contribution in [-0.4, -0.2) is 22.8 Å². The molecule has 136 valence electrons. The Balaban J connectivity index is 1.95. The maximum atomic E-state index is 12.2. The number of halogens is 3. The third-order valence-corrected chi connectivity index (χ3v) is 4.40. The van der Waals surface area contributed by atoms with Crippen LogP contribution in [0.5, 0.6) is 0 Å². The Morgan fingerprint density at radius 1 is 1.00 bits per heavy atom. The molecule has 0 aromatic heterocycles. The molecule has 0 spiro atoms. The van der Waals surface area contributed by atoms with E-state index < -0.39 is 24.2 Å². The van der Waals surface area contributed by atoms with Crippen LogP contribution < -0.4 is 0 Å². The van der Waals surface area contributed by atoms with Crippen molar-refractivity contribution in [1.82, 2.24) is 0 Å². The number of unbranched alkanes of at least 4 members (excludes halogenated alkanes) is 2. The molecule has 0 saturated carbocycles. The minimum absolute atomic E-state index is 0.00921. The van der Waals surface area contributed by atoms with Crippen molar-refractivity contribution in [2.75, 3.05) is 0 Å². The van der Waals surface area contributed by atoms with Crippen LogP contribution in [0, 0.1) is 5.92 Å². The van der Waals surface area contributed by atoms with E-state index in [2.05, 4.69) is 0 Å². The van der Waals surface area contributed by atoms with Gasteiger partial charge < -0.3 is 5.11 Å². The van der Waals surface area contributed by atoms with Crippen LogP contribution in [0.1, 0.15) is 61.4 Å². The molecule has 1 aromatic rings. The van der Waals surface area contributed by atoms with E-state index in [-0.39, 0.29) is 35.7 Å². The van der Waals surface area contributed by atoms with Crippen molar-refractivity contribution >= 4 is 17.3 Å². The summed E-state index contributed by atoms with van der Waals surface area (Å²) < 4.78 is 36.3. The lowest BCUT2D eigenvalue weighted by Crippen LogP contribution is -2.25. The molecule has 0 aliphatic heterocycles. The molecule has 2 rings (SSSR count). The van der Waals surface area contributed by atoms with Crippen molar-refractivity contribution in [2.45, 2.75) is 51.6 Å². The number of carbonyl (C=O) groups is 2. The first-order valence-electron chi connectivity index (χ1n) is 8.38. The molecule has 1 aliphatic carbocycles. The number of hydrogen-bond acceptors (Lipinski definition) is 3. The van der Waals surface area contributed by atoms with Gasteiger partial charge in [0.05, 0.1) is 0 Å². The van der Waals surface area contributed by atoms with Crippen LogP contribution in [-0.2, 0) is 4.79 Å². The van der Waals surface area contributed by atoms with E-state index in [9.17, 15) is 27.9 Å². The summed E-state index contributed by atoms with van der Waals surface area (Å²) in [5, 5.41) is 10.3. The monoisotopic (exact) mass is 354 g/mol. The molecule has 0 saturated heterocycles. The Hall–Kier alpha value is -2.11. The highest BCUT2D eigenvalue weighted by atomic mass is 19.4. The number of rotatable bonds is 7. The molecule has 1 aromatic carbocycles. The van der Waals surface area contributed by atoms with Crippen LogP contribution in [0.15, 0.2) is 29.8 Å². The average Bonchev–Trinajstić information content (AvgIpc) is 2.55. The van der Waals surface area contributed by atoms with Gasteiger partial charge in [-0.05, 0) is 18.8 Å². The lowest BCUT2D eigenvalue weighted by Gasteiger charge is -2.20. The normalized spacial score (nSPS) is 16.2. The summed E-state index contributed by atoms with van der Waals surface area (Å²) in [6, 6.07) is 6.41. The second-order valence-corrected chi connectivity index (χ2v) is 6.55. The summed E-state index contributed by atoms with van der Waals surface area (Å²) in [5.41, 5.74) is 0.666. The first kappa shape index (κ1) is 19.2. The van der Waals surface area contributed by atoms with Gasteiger partial charge in [-0.3, -0.25) is 9.59 Å². The van der Waals surface area contributed by atoms with Crippen LogP contribution in [0.3, 0.4) is 0 Å². The predicted molar refractivity (Wildman–Crippen MR) is 88.2 cm³/mol. The molecular formula is C19H21F3O3. The standard InChI is InChI=1S/C19H21F3O3/c1-12(7-3-2-6-10-19(20,21)22)11-15-16(23)13-8-4-5-9-14(13)17(24)18(15)25/h4-5,8-9,12,23H,2-3,6-7,10-11H2,1H3/t12-/m1/s1. The van der Waals surface area contributed by atoms with E-state index in [4.69, 9.17) is 0 Å². The number of hydrogen-bond donors (Lipinski definition) is 1.